The first-order valence-electron chi connectivity index (χ1n) is 8.74. The molecule has 2 saturated heterocycles. The van der Waals surface area contributed by atoms with Gasteiger partial charge in [-0.15, -0.1) is 0 Å². The van der Waals surface area contributed by atoms with Gasteiger partial charge in [-0.25, -0.2) is 8.78 Å². The molecular formula is C19H18F5N3. The van der Waals surface area contributed by atoms with Crippen LogP contribution in [0.2, 0.25) is 0 Å². The van der Waals surface area contributed by atoms with Crippen LogP contribution in [0.15, 0.2) is 36.5 Å². The Morgan fingerprint density at radius 2 is 1.52 bits per heavy atom. The Morgan fingerprint density at radius 3 is 2.04 bits per heavy atom. The molecule has 0 spiro atoms. The summed E-state index contributed by atoms with van der Waals surface area (Å²) < 4.78 is 64.2. The van der Waals surface area contributed by atoms with E-state index in [1.807, 2.05) is 0 Å². The van der Waals surface area contributed by atoms with E-state index >= 15 is 0 Å². The van der Waals surface area contributed by atoms with Crippen LogP contribution in [0, 0.1) is 11.6 Å². The fourth-order valence-corrected chi connectivity index (χ4v) is 4.01. The van der Waals surface area contributed by atoms with Gasteiger partial charge in [-0.05, 0) is 35.7 Å². The van der Waals surface area contributed by atoms with Gasteiger partial charge in [-0.2, -0.15) is 13.2 Å². The summed E-state index contributed by atoms with van der Waals surface area (Å²) in [7, 11) is 0. The molecule has 1 aromatic heterocycles. The number of aromatic nitrogens is 1. The Labute approximate surface area is 153 Å². The number of benzene rings is 1. The maximum absolute atomic E-state index is 13.4. The highest BCUT2D eigenvalue weighted by Crippen LogP contribution is 2.33. The molecular weight excluding hydrogens is 365 g/mol. The van der Waals surface area contributed by atoms with E-state index in [4.69, 9.17) is 0 Å². The third-order valence-electron chi connectivity index (χ3n) is 5.34. The number of fused-ring (bicyclic) bond motifs is 2. The molecule has 27 heavy (non-hydrogen) atoms. The highest BCUT2D eigenvalue weighted by atomic mass is 19.4. The maximum Gasteiger partial charge on any atom is 0.433 e. The zero-order chi connectivity index (χ0) is 19.2. The van der Waals surface area contributed by atoms with Crippen molar-refractivity contribution in [2.45, 2.75) is 37.8 Å². The second kappa shape index (κ2) is 6.83. The summed E-state index contributed by atoms with van der Waals surface area (Å²) in [6.45, 7) is 2.73. The Balaban J connectivity index is 1.35. The van der Waals surface area contributed by atoms with Crippen molar-refractivity contribution in [1.29, 1.82) is 0 Å². The molecule has 2 aliphatic heterocycles. The van der Waals surface area contributed by atoms with Gasteiger partial charge in [-0.1, -0.05) is 12.1 Å². The lowest BCUT2D eigenvalue weighted by atomic mass is 10.1. The summed E-state index contributed by atoms with van der Waals surface area (Å²) in [6, 6.07) is 7.07. The minimum Gasteiger partial charge on any atom is -0.293 e. The molecule has 8 heteroatoms. The molecule has 2 fully saturated rings. The maximum atomic E-state index is 13.4. The van der Waals surface area contributed by atoms with Gasteiger partial charge in [-0.3, -0.25) is 14.8 Å². The predicted molar refractivity (Wildman–Crippen MR) is 88.6 cm³/mol. The molecule has 0 aliphatic carbocycles. The largest absolute Gasteiger partial charge is 0.433 e. The number of likely N-dealkylation sites (tertiary alicyclic amines) is 2. The number of pyridine rings is 1. The summed E-state index contributed by atoms with van der Waals surface area (Å²) in [5, 5.41) is 0. The van der Waals surface area contributed by atoms with Gasteiger partial charge >= 0.3 is 6.18 Å². The monoisotopic (exact) mass is 383 g/mol. The number of alkyl halides is 3. The third-order valence-corrected chi connectivity index (χ3v) is 5.34. The van der Waals surface area contributed by atoms with Crippen molar-refractivity contribution in [2.24, 2.45) is 0 Å². The minimum atomic E-state index is -4.43. The van der Waals surface area contributed by atoms with E-state index in [1.165, 1.54) is 18.3 Å². The lowest BCUT2D eigenvalue weighted by Crippen LogP contribution is -2.45. The van der Waals surface area contributed by atoms with Gasteiger partial charge in [0, 0.05) is 44.5 Å². The van der Waals surface area contributed by atoms with Crippen LogP contribution in [0.25, 0.3) is 0 Å². The number of nitrogens with zero attached hydrogens (tertiary/aromatic N) is 3. The van der Waals surface area contributed by atoms with Crippen molar-refractivity contribution in [3.63, 3.8) is 0 Å². The van der Waals surface area contributed by atoms with Crippen molar-refractivity contribution >= 4 is 0 Å². The Morgan fingerprint density at radius 1 is 0.889 bits per heavy atom. The van der Waals surface area contributed by atoms with Gasteiger partial charge in [0.15, 0.2) is 11.6 Å². The third kappa shape index (κ3) is 3.82. The van der Waals surface area contributed by atoms with Crippen LogP contribution in [0.1, 0.15) is 23.2 Å². The van der Waals surface area contributed by atoms with E-state index in [1.54, 1.807) is 6.07 Å². The topological polar surface area (TPSA) is 19.4 Å². The first-order chi connectivity index (χ1) is 12.8. The second-order valence-electron chi connectivity index (χ2n) is 7.20. The number of halogens is 5. The van der Waals surface area contributed by atoms with Crippen LogP contribution >= 0.6 is 0 Å². The standard InChI is InChI=1S/C19H18F5N3/c20-16-3-1-12(5-17(16)21)8-26-10-15-6-14(26)11-27(15)9-13-2-4-18(25-7-13)19(22,23)24/h1-5,7,14-15H,6,8-11H2. The Kier molecular flexibility index (Phi) is 4.63. The quantitative estimate of drug-likeness (QED) is 0.748. The number of rotatable bonds is 4. The fourth-order valence-electron chi connectivity index (χ4n) is 4.01. The van der Waals surface area contributed by atoms with Crippen LogP contribution < -0.4 is 0 Å². The molecule has 0 N–H and O–H groups in total. The fraction of sp³-hybridized carbons (Fsp3) is 0.421. The van der Waals surface area contributed by atoms with Gasteiger partial charge in [0.1, 0.15) is 5.69 Å². The summed E-state index contributed by atoms with van der Waals surface area (Å²) in [6.07, 6.45) is -2.17. The lowest BCUT2D eigenvalue weighted by molar-refractivity contribution is -0.141. The number of piperazine rings is 1. The van der Waals surface area contributed by atoms with E-state index in [0.717, 1.165) is 42.8 Å². The first-order valence-corrected chi connectivity index (χ1v) is 8.74. The van der Waals surface area contributed by atoms with Crippen LogP contribution in [-0.2, 0) is 19.3 Å². The van der Waals surface area contributed by atoms with Crippen molar-refractivity contribution in [3.8, 4) is 0 Å². The first kappa shape index (κ1) is 18.3. The molecule has 2 bridgehead atoms. The highest BCUT2D eigenvalue weighted by molar-refractivity contribution is 5.19. The van der Waals surface area contributed by atoms with E-state index < -0.39 is 23.5 Å². The molecule has 1 aromatic carbocycles. The Hall–Kier alpha value is -2.06. The van der Waals surface area contributed by atoms with Gasteiger partial charge in [0.2, 0.25) is 0 Å². The molecule has 2 aromatic rings. The molecule has 0 radical (unpaired) electrons. The molecule has 4 rings (SSSR count). The smallest absolute Gasteiger partial charge is 0.293 e. The number of hydrogen-bond donors (Lipinski definition) is 0. The van der Waals surface area contributed by atoms with Gasteiger partial charge in [0.25, 0.3) is 0 Å². The van der Waals surface area contributed by atoms with Crippen molar-refractivity contribution in [3.05, 3.63) is 65.0 Å². The molecule has 144 valence electrons. The van der Waals surface area contributed by atoms with Crippen LogP contribution in [-0.4, -0.2) is 40.0 Å². The van der Waals surface area contributed by atoms with E-state index in [2.05, 4.69) is 14.8 Å². The minimum absolute atomic E-state index is 0.308. The van der Waals surface area contributed by atoms with Crippen molar-refractivity contribution in [1.82, 2.24) is 14.8 Å². The van der Waals surface area contributed by atoms with Crippen LogP contribution in [0.5, 0.6) is 0 Å². The van der Waals surface area contributed by atoms with Crippen molar-refractivity contribution < 1.29 is 22.0 Å². The molecule has 0 saturated carbocycles. The summed E-state index contributed by atoms with van der Waals surface area (Å²) in [5.74, 6) is -1.69. The SMILES string of the molecule is Fc1ccc(CN2CC3CC2CN3Cc2ccc(C(F)(F)F)nc2)cc1F. The molecule has 3 nitrogen and oxygen atoms in total. The predicted octanol–water partition coefficient (Wildman–Crippen LogP) is 3.84. The summed E-state index contributed by atoms with van der Waals surface area (Å²) in [4.78, 5) is 8.01. The average Bonchev–Trinajstić information content (AvgIpc) is 3.18. The summed E-state index contributed by atoms with van der Waals surface area (Å²) >= 11 is 0. The number of hydrogen-bond acceptors (Lipinski definition) is 3. The molecule has 3 heterocycles. The van der Waals surface area contributed by atoms with E-state index in [-0.39, 0.29) is 0 Å². The lowest BCUT2D eigenvalue weighted by Gasteiger charge is -2.34. The zero-order valence-corrected chi connectivity index (χ0v) is 14.4. The highest BCUT2D eigenvalue weighted by Gasteiger charge is 2.42. The zero-order valence-electron chi connectivity index (χ0n) is 14.4. The van der Waals surface area contributed by atoms with Gasteiger partial charge in [0.05, 0.1) is 0 Å². The molecule has 2 atom stereocenters. The summed E-state index contributed by atoms with van der Waals surface area (Å²) in [5.41, 5.74) is 0.606. The van der Waals surface area contributed by atoms with E-state index in [0.29, 0.717) is 25.2 Å². The molecule has 2 unspecified atom stereocenters. The average molecular weight is 383 g/mol. The normalized spacial score (nSPS) is 23.3. The van der Waals surface area contributed by atoms with Gasteiger partial charge < -0.3 is 0 Å². The van der Waals surface area contributed by atoms with Crippen LogP contribution in [0.3, 0.4) is 0 Å². The molecule has 2 aliphatic rings. The van der Waals surface area contributed by atoms with E-state index in [9.17, 15) is 22.0 Å². The van der Waals surface area contributed by atoms with Crippen LogP contribution in [0.4, 0.5) is 22.0 Å². The second-order valence-corrected chi connectivity index (χ2v) is 7.20. The molecule has 0 amide bonds. The Bertz CT molecular complexity index is 821. The van der Waals surface area contributed by atoms with Crippen molar-refractivity contribution in [2.75, 3.05) is 13.1 Å².